The van der Waals surface area contributed by atoms with Crippen LogP contribution in [0, 0.1) is 0 Å². The minimum absolute atomic E-state index is 0.0997. The van der Waals surface area contributed by atoms with Crippen LogP contribution in [0.25, 0.3) is 0 Å². The van der Waals surface area contributed by atoms with Gasteiger partial charge in [-0.2, -0.15) is 0 Å². The summed E-state index contributed by atoms with van der Waals surface area (Å²) >= 11 is 0. The van der Waals surface area contributed by atoms with Crippen LogP contribution in [0.4, 0.5) is 0 Å². The number of carbonyl (C=O) groups excluding carboxylic acids is 2. The first-order valence-electron chi connectivity index (χ1n) is 24.0. The highest BCUT2D eigenvalue weighted by atomic mass is 33.1. The number of carbonyl (C=O) groups is 2. The van der Waals surface area contributed by atoms with Gasteiger partial charge in [0.15, 0.2) is 0 Å². The third-order valence-electron chi connectivity index (χ3n) is 8.68. The zero-order valence-electron chi connectivity index (χ0n) is 42.5. The van der Waals surface area contributed by atoms with Gasteiger partial charge in [-0.3, -0.25) is 9.59 Å². The summed E-state index contributed by atoms with van der Waals surface area (Å²) in [6.07, 6.45) is 12.8. The normalized spacial score (nSPS) is 22.7. The molecule has 2 amide bonds. The number of unbranched alkanes of at least 4 members (excludes halogenated alkanes) is 2. The zero-order chi connectivity index (χ0) is 47.3. The fraction of sp³-hybridized carbons (Fsp3) is 0.955. The fourth-order valence-electron chi connectivity index (χ4n) is 5.98. The standard InChI is InChI=1S/C16H29NO4S2Si.C14H29NO4S2Si.7C2H6/c1-12-16-13(2)20-24(19-12,21-16)11-5-9-17-15(18)7-4-3-6-14-8-10-22-23-14;1-17-22(18-2,19-3)12-6-10-15-14(16)8-5-4-7-13-9-11-20-21-13;7*1-2/h12-14,16H,3-11H2,1-2H3,(H,17,18);13H,4-12H2,1-3H3,(H,15,16);7*1-2H3. The Hall–Kier alpha value is 0.534. The molecule has 4 aliphatic rings. The average Bonchev–Trinajstić information content (AvgIpc) is 4.15. The quantitative estimate of drug-likeness (QED) is 0.0649. The lowest BCUT2D eigenvalue weighted by Gasteiger charge is -2.26. The largest absolute Gasteiger partial charge is 0.502 e. The van der Waals surface area contributed by atoms with Gasteiger partial charge in [-0.25, -0.2) is 0 Å². The second kappa shape index (κ2) is 50.5. The highest BCUT2D eigenvalue weighted by Gasteiger charge is 2.60. The average molecular weight is 970 g/mol. The topological polar surface area (TPSA) is 114 Å². The maximum Gasteiger partial charge on any atom is 0.502 e. The van der Waals surface area contributed by atoms with E-state index in [4.69, 9.17) is 26.6 Å². The van der Waals surface area contributed by atoms with E-state index in [0.717, 1.165) is 55.1 Å². The Kier molecular flexibility index (Phi) is 58.6. The van der Waals surface area contributed by atoms with Crippen molar-refractivity contribution in [1.82, 2.24) is 10.6 Å². The molecule has 4 heterocycles. The number of fused-ring (bicyclic) bond motifs is 2. The van der Waals surface area contributed by atoms with E-state index >= 15 is 0 Å². The van der Waals surface area contributed by atoms with Crippen LogP contribution in [0.3, 0.4) is 0 Å². The molecule has 10 nitrogen and oxygen atoms in total. The Morgan fingerprint density at radius 1 is 0.583 bits per heavy atom. The molecule has 60 heavy (non-hydrogen) atoms. The minimum Gasteiger partial charge on any atom is -0.377 e. The van der Waals surface area contributed by atoms with Gasteiger partial charge in [0.1, 0.15) is 0 Å². The SMILES string of the molecule is CC.CC.CC.CC.CC.CC.CC.CC1O[Si]2(CCCNC(=O)CCCCC3CCSS3)OC(C)C1O2.CO[Si](CCCNC(=O)CCCCC1CCSS1)(OC)OC. The molecule has 4 unspecified atom stereocenters. The van der Waals surface area contributed by atoms with Crippen molar-refractivity contribution in [2.24, 2.45) is 0 Å². The van der Waals surface area contributed by atoms with Crippen molar-refractivity contribution >= 4 is 72.6 Å². The number of hydrogen-bond acceptors (Lipinski definition) is 12. The van der Waals surface area contributed by atoms with Crippen molar-refractivity contribution in [2.75, 3.05) is 45.9 Å². The second-order valence-electron chi connectivity index (χ2n) is 12.3. The molecule has 4 rings (SSSR count). The molecule has 0 saturated carbocycles. The molecule has 0 aromatic carbocycles. The van der Waals surface area contributed by atoms with Gasteiger partial charge >= 0.3 is 17.6 Å². The molecule has 4 fully saturated rings. The molecule has 0 radical (unpaired) electrons. The highest BCUT2D eigenvalue weighted by Crippen LogP contribution is 2.41. The van der Waals surface area contributed by atoms with E-state index in [-0.39, 0.29) is 30.1 Å². The van der Waals surface area contributed by atoms with E-state index in [1.54, 1.807) is 21.3 Å². The van der Waals surface area contributed by atoms with Gasteiger partial charge in [-0.1, -0.05) is 153 Å². The van der Waals surface area contributed by atoms with Gasteiger partial charge in [0.25, 0.3) is 0 Å². The maximum atomic E-state index is 11.9. The first-order valence-corrected chi connectivity index (χ1v) is 32.7. The van der Waals surface area contributed by atoms with E-state index in [1.165, 1.54) is 37.2 Å². The molecule has 2 bridgehead atoms. The lowest BCUT2D eigenvalue weighted by molar-refractivity contribution is -0.122. The van der Waals surface area contributed by atoms with E-state index in [2.05, 4.69) is 24.5 Å². The summed E-state index contributed by atoms with van der Waals surface area (Å²) in [5, 5.41) is 7.61. The van der Waals surface area contributed by atoms with Crippen LogP contribution in [-0.4, -0.2) is 104 Å². The van der Waals surface area contributed by atoms with Gasteiger partial charge < -0.3 is 37.2 Å². The Labute approximate surface area is 391 Å². The lowest BCUT2D eigenvalue weighted by Crippen LogP contribution is -2.44. The Bertz CT molecular complexity index is 873. The smallest absolute Gasteiger partial charge is 0.377 e. The van der Waals surface area contributed by atoms with Gasteiger partial charge in [-0.05, 0) is 65.2 Å². The molecule has 2 N–H and O–H groups in total. The van der Waals surface area contributed by atoms with E-state index < -0.39 is 17.6 Å². The maximum absolute atomic E-state index is 11.9. The summed E-state index contributed by atoms with van der Waals surface area (Å²) in [5.41, 5.74) is 0. The number of hydrogen-bond donors (Lipinski definition) is 2. The predicted molar refractivity (Wildman–Crippen MR) is 277 cm³/mol. The number of nitrogens with one attached hydrogen (secondary N) is 2. The molecule has 366 valence electrons. The van der Waals surface area contributed by atoms with Gasteiger partial charge in [0.2, 0.25) is 11.8 Å². The minimum atomic E-state index is -2.49. The van der Waals surface area contributed by atoms with Crippen LogP contribution in [0.5, 0.6) is 0 Å². The molecule has 4 saturated heterocycles. The van der Waals surface area contributed by atoms with Gasteiger partial charge in [0, 0.05) is 81.4 Å². The lowest BCUT2D eigenvalue weighted by atomic mass is 10.1. The Balaban J connectivity index is -0.000000261. The van der Waals surface area contributed by atoms with E-state index in [0.29, 0.717) is 32.0 Å². The Morgan fingerprint density at radius 3 is 1.30 bits per heavy atom. The van der Waals surface area contributed by atoms with Crippen LogP contribution in [0.1, 0.15) is 188 Å². The molecule has 0 spiro atoms. The summed E-state index contributed by atoms with van der Waals surface area (Å²) in [5.74, 6) is 2.89. The van der Waals surface area contributed by atoms with Gasteiger partial charge in [-0.15, -0.1) is 0 Å². The summed E-state index contributed by atoms with van der Waals surface area (Å²) in [7, 11) is 7.90. The monoisotopic (exact) mass is 969 g/mol. The first-order chi connectivity index (χ1) is 29.2. The molecule has 4 atom stereocenters. The molecular weight excluding hydrogens is 869 g/mol. The molecule has 0 aromatic heterocycles. The second-order valence-corrected chi connectivity index (χ2v) is 23.5. The van der Waals surface area contributed by atoms with Crippen molar-refractivity contribution in [2.45, 2.75) is 229 Å². The predicted octanol–water partition coefficient (Wildman–Crippen LogP) is 13.6. The number of amides is 2. The van der Waals surface area contributed by atoms with Crippen molar-refractivity contribution in [3.63, 3.8) is 0 Å². The van der Waals surface area contributed by atoms with E-state index in [9.17, 15) is 9.59 Å². The first kappa shape index (κ1) is 69.6. The highest BCUT2D eigenvalue weighted by molar-refractivity contribution is 8.77. The van der Waals surface area contributed by atoms with Gasteiger partial charge in [0.05, 0.1) is 18.3 Å². The van der Waals surface area contributed by atoms with Crippen LogP contribution in [0.2, 0.25) is 12.1 Å². The van der Waals surface area contributed by atoms with Crippen LogP contribution in [0.15, 0.2) is 0 Å². The summed E-state index contributed by atoms with van der Waals surface area (Å²) < 4.78 is 33.9. The summed E-state index contributed by atoms with van der Waals surface area (Å²) in [6.45, 7) is 33.5. The van der Waals surface area contributed by atoms with Crippen LogP contribution >= 0.6 is 43.2 Å². The fourth-order valence-corrected chi connectivity index (χ4v) is 17.1. The van der Waals surface area contributed by atoms with Crippen molar-refractivity contribution in [1.29, 1.82) is 0 Å². The molecule has 0 aliphatic carbocycles. The Morgan fingerprint density at radius 2 is 0.967 bits per heavy atom. The number of rotatable bonds is 21. The molecule has 0 aromatic rings. The zero-order valence-corrected chi connectivity index (χ0v) is 47.8. The third kappa shape index (κ3) is 33.1. The van der Waals surface area contributed by atoms with Crippen LogP contribution < -0.4 is 10.6 Å². The van der Waals surface area contributed by atoms with E-state index in [1.807, 2.05) is 140 Å². The third-order valence-corrected chi connectivity index (χ3v) is 20.6. The summed E-state index contributed by atoms with van der Waals surface area (Å²) in [6, 6.07) is 1.52. The van der Waals surface area contributed by atoms with Crippen LogP contribution in [-0.2, 0) is 36.1 Å². The summed E-state index contributed by atoms with van der Waals surface area (Å²) in [4.78, 5) is 23.7. The molecular formula is C44H100N2O8S4Si2. The molecule has 16 heteroatoms. The molecule has 4 aliphatic heterocycles. The van der Waals surface area contributed by atoms with Crippen molar-refractivity contribution in [3.8, 4) is 0 Å². The van der Waals surface area contributed by atoms with Crippen molar-refractivity contribution < 1.29 is 36.1 Å². The van der Waals surface area contributed by atoms with Crippen molar-refractivity contribution in [3.05, 3.63) is 0 Å².